The number of piperazine rings is 1. The van der Waals surface area contributed by atoms with Crippen molar-refractivity contribution < 1.29 is 14.4 Å². The van der Waals surface area contributed by atoms with Crippen LogP contribution < -0.4 is 0 Å². The van der Waals surface area contributed by atoms with E-state index in [1.807, 2.05) is 47.4 Å². The Labute approximate surface area is 192 Å². The smallest absolute Gasteiger partial charge is 0.293 e. The summed E-state index contributed by atoms with van der Waals surface area (Å²) in [6, 6.07) is 17.2. The normalized spacial score (nSPS) is 18.8. The number of carbonyl (C=O) groups excluding carboxylic acids is 3. The van der Waals surface area contributed by atoms with E-state index in [9.17, 15) is 14.4 Å². The topological polar surface area (TPSA) is 60.9 Å². The summed E-state index contributed by atoms with van der Waals surface area (Å²) < 4.78 is 0. The Hall–Kier alpha value is -2.90. The van der Waals surface area contributed by atoms with Crippen LogP contribution in [0.1, 0.15) is 35.3 Å². The molecule has 0 spiro atoms. The molecule has 32 heavy (non-hydrogen) atoms. The highest BCUT2D eigenvalue weighted by Crippen LogP contribution is 2.33. The quantitative estimate of drug-likeness (QED) is 0.644. The number of rotatable bonds is 5. The van der Waals surface area contributed by atoms with Crippen LogP contribution >= 0.6 is 11.8 Å². The second-order valence-corrected chi connectivity index (χ2v) is 9.29. The average molecular weight is 450 g/mol. The summed E-state index contributed by atoms with van der Waals surface area (Å²) in [6.07, 6.45) is 1.71. The largest absolute Gasteiger partial charge is 0.336 e. The van der Waals surface area contributed by atoms with E-state index in [0.29, 0.717) is 16.5 Å². The molecule has 6 nitrogen and oxygen atoms in total. The van der Waals surface area contributed by atoms with Crippen molar-refractivity contribution in [2.45, 2.75) is 26.4 Å². The third-order valence-electron chi connectivity index (χ3n) is 5.84. The van der Waals surface area contributed by atoms with Crippen LogP contribution in [0.25, 0.3) is 6.08 Å². The third kappa shape index (κ3) is 4.95. The van der Waals surface area contributed by atoms with E-state index in [-0.39, 0.29) is 23.6 Å². The van der Waals surface area contributed by atoms with Crippen LogP contribution in [0.2, 0.25) is 0 Å². The lowest BCUT2D eigenvalue weighted by atomic mass is 10.1. The number of benzene rings is 2. The van der Waals surface area contributed by atoms with E-state index < -0.39 is 0 Å². The molecule has 0 atom stereocenters. The summed E-state index contributed by atoms with van der Waals surface area (Å²) in [7, 11) is 0. The molecule has 0 unspecified atom stereocenters. The van der Waals surface area contributed by atoms with Crippen molar-refractivity contribution >= 4 is 34.9 Å². The molecule has 0 saturated carbocycles. The molecule has 2 aliphatic rings. The molecule has 2 aromatic rings. The van der Waals surface area contributed by atoms with Crippen molar-refractivity contribution in [3.63, 3.8) is 0 Å². The van der Waals surface area contributed by atoms with Crippen LogP contribution in [0.15, 0.2) is 59.5 Å². The first-order valence-electron chi connectivity index (χ1n) is 10.8. The van der Waals surface area contributed by atoms with E-state index >= 15 is 0 Å². The summed E-state index contributed by atoms with van der Waals surface area (Å²) in [5, 5.41) is -0.266. The summed E-state index contributed by atoms with van der Waals surface area (Å²) in [4.78, 5) is 43.8. The lowest BCUT2D eigenvalue weighted by Crippen LogP contribution is -2.50. The molecule has 166 valence electrons. The molecule has 0 radical (unpaired) electrons. The first kappa shape index (κ1) is 22.3. The maximum absolute atomic E-state index is 12.8. The molecule has 0 bridgehead atoms. The van der Waals surface area contributed by atoms with Gasteiger partial charge in [-0.3, -0.25) is 24.2 Å². The Morgan fingerprint density at radius 1 is 0.969 bits per heavy atom. The van der Waals surface area contributed by atoms with Crippen LogP contribution in [-0.4, -0.2) is 64.0 Å². The van der Waals surface area contributed by atoms with Crippen LogP contribution in [0.5, 0.6) is 0 Å². The monoisotopic (exact) mass is 449 g/mol. The van der Waals surface area contributed by atoms with Gasteiger partial charge in [-0.25, -0.2) is 0 Å². The fraction of sp³-hybridized carbons (Fsp3) is 0.320. The van der Waals surface area contributed by atoms with Gasteiger partial charge in [0, 0.05) is 37.8 Å². The van der Waals surface area contributed by atoms with Gasteiger partial charge in [0.05, 0.1) is 11.4 Å². The highest BCUT2D eigenvalue weighted by atomic mass is 32.2. The predicted molar refractivity (Wildman–Crippen MR) is 127 cm³/mol. The van der Waals surface area contributed by atoms with Crippen molar-refractivity contribution in [2.24, 2.45) is 0 Å². The molecule has 0 aliphatic carbocycles. The van der Waals surface area contributed by atoms with Crippen molar-refractivity contribution in [1.82, 2.24) is 14.7 Å². The number of hydrogen-bond acceptors (Lipinski definition) is 5. The van der Waals surface area contributed by atoms with E-state index in [0.717, 1.165) is 49.1 Å². The minimum absolute atomic E-state index is 0.0307. The van der Waals surface area contributed by atoms with Gasteiger partial charge in [0.15, 0.2) is 0 Å². The highest BCUT2D eigenvalue weighted by molar-refractivity contribution is 8.18. The summed E-state index contributed by atoms with van der Waals surface area (Å²) in [5.74, 6) is -0.254. The molecule has 2 aliphatic heterocycles. The van der Waals surface area contributed by atoms with E-state index in [1.165, 1.54) is 4.90 Å². The molecule has 3 amide bonds. The van der Waals surface area contributed by atoms with Gasteiger partial charge in [-0.05, 0) is 54.9 Å². The second kappa shape index (κ2) is 9.71. The maximum atomic E-state index is 12.8. The van der Waals surface area contributed by atoms with Crippen LogP contribution in [0.3, 0.4) is 0 Å². The van der Waals surface area contributed by atoms with Crippen LogP contribution in [0, 0.1) is 0 Å². The summed E-state index contributed by atoms with van der Waals surface area (Å²) in [6.45, 7) is 7.85. The van der Waals surface area contributed by atoms with E-state index in [1.54, 1.807) is 18.2 Å². The first-order valence-corrected chi connectivity index (χ1v) is 11.7. The van der Waals surface area contributed by atoms with Crippen LogP contribution in [0.4, 0.5) is 4.79 Å². The van der Waals surface area contributed by atoms with Crippen molar-refractivity contribution in [1.29, 1.82) is 0 Å². The average Bonchev–Trinajstić information content (AvgIpc) is 3.07. The van der Waals surface area contributed by atoms with Gasteiger partial charge in [0.2, 0.25) is 0 Å². The zero-order chi connectivity index (χ0) is 22.7. The summed E-state index contributed by atoms with van der Waals surface area (Å²) >= 11 is 0.950. The standard InChI is InChI=1S/C25H27N3O3S/c1-18(2)26-12-14-27(15-13-26)23(29)21-10-8-19(9-11-21)16-22-24(30)28(25(31)32-22)17-20-6-4-3-5-7-20/h3-11,16,18H,12-15,17H2,1-2H3/b22-16-. The fourth-order valence-electron chi connectivity index (χ4n) is 3.90. The van der Waals surface area contributed by atoms with E-state index in [4.69, 9.17) is 0 Å². The lowest BCUT2D eigenvalue weighted by Gasteiger charge is -2.37. The van der Waals surface area contributed by atoms with Crippen LogP contribution in [-0.2, 0) is 11.3 Å². The highest BCUT2D eigenvalue weighted by Gasteiger charge is 2.35. The zero-order valence-corrected chi connectivity index (χ0v) is 19.2. The number of imide groups is 1. The van der Waals surface area contributed by atoms with Gasteiger partial charge >= 0.3 is 0 Å². The van der Waals surface area contributed by atoms with Gasteiger partial charge in [-0.1, -0.05) is 42.5 Å². The van der Waals surface area contributed by atoms with Gasteiger partial charge in [0.1, 0.15) is 0 Å². The maximum Gasteiger partial charge on any atom is 0.293 e. The van der Waals surface area contributed by atoms with Gasteiger partial charge in [-0.2, -0.15) is 0 Å². The molecule has 0 N–H and O–H groups in total. The summed E-state index contributed by atoms with van der Waals surface area (Å²) in [5.41, 5.74) is 2.34. The SMILES string of the molecule is CC(C)N1CCN(C(=O)c2ccc(/C=C3\SC(=O)N(Cc4ccccc4)C3=O)cc2)CC1. The minimum Gasteiger partial charge on any atom is -0.336 e. The Kier molecular flexibility index (Phi) is 6.77. The molecular weight excluding hydrogens is 422 g/mol. The van der Waals surface area contributed by atoms with Gasteiger partial charge < -0.3 is 4.90 Å². The Balaban J connectivity index is 1.40. The zero-order valence-electron chi connectivity index (χ0n) is 18.4. The van der Waals surface area contributed by atoms with Gasteiger partial charge in [-0.15, -0.1) is 0 Å². The molecular formula is C25H27N3O3S. The van der Waals surface area contributed by atoms with E-state index in [2.05, 4.69) is 18.7 Å². The minimum atomic E-state index is -0.285. The number of amides is 3. The Bertz CT molecular complexity index is 1030. The number of hydrogen-bond donors (Lipinski definition) is 0. The Morgan fingerprint density at radius 3 is 2.25 bits per heavy atom. The van der Waals surface area contributed by atoms with Gasteiger partial charge in [0.25, 0.3) is 17.1 Å². The number of nitrogens with zero attached hydrogens (tertiary/aromatic N) is 3. The lowest BCUT2D eigenvalue weighted by molar-refractivity contribution is -0.123. The fourth-order valence-corrected chi connectivity index (χ4v) is 4.74. The molecule has 0 aromatic heterocycles. The second-order valence-electron chi connectivity index (χ2n) is 8.30. The number of carbonyl (C=O) groups is 3. The predicted octanol–water partition coefficient (Wildman–Crippen LogP) is 4.09. The van der Waals surface area contributed by atoms with Crippen molar-refractivity contribution in [2.75, 3.05) is 26.2 Å². The number of thioether (sulfide) groups is 1. The Morgan fingerprint density at radius 2 is 1.62 bits per heavy atom. The molecule has 2 heterocycles. The molecule has 7 heteroatoms. The molecule has 2 fully saturated rings. The molecule has 2 aromatic carbocycles. The van der Waals surface area contributed by atoms with Crippen molar-refractivity contribution in [3.05, 3.63) is 76.2 Å². The first-order chi connectivity index (χ1) is 15.4. The molecule has 2 saturated heterocycles. The third-order valence-corrected chi connectivity index (χ3v) is 6.75. The molecule has 4 rings (SSSR count). The van der Waals surface area contributed by atoms with Crippen molar-refractivity contribution in [3.8, 4) is 0 Å².